The molecular formula is C18H17Cl2N5O2. The number of aliphatic imine (C=N–C) groups is 1. The lowest BCUT2D eigenvalue weighted by Gasteiger charge is -2.10. The lowest BCUT2D eigenvalue weighted by atomic mass is 10.1. The van der Waals surface area contributed by atoms with Crippen LogP contribution in [0.3, 0.4) is 0 Å². The Labute approximate surface area is 166 Å². The van der Waals surface area contributed by atoms with E-state index in [1.54, 1.807) is 18.2 Å². The number of nitrogens with one attached hydrogen (secondary N) is 1. The summed E-state index contributed by atoms with van der Waals surface area (Å²) in [5, 5.41) is 8.43. The molecule has 0 aliphatic carbocycles. The Morgan fingerprint density at radius 3 is 2.70 bits per heavy atom. The molecule has 3 aromatic rings. The lowest BCUT2D eigenvalue weighted by molar-refractivity contribution is 0.0714. The van der Waals surface area contributed by atoms with Crippen molar-refractivity contribution in [2.75, 3.05) is 5.73 Å². The van der Waals surface area contributed by atoms with Crippen LogP contribution in [-0.2, 0) is 11.4 Å². The van der Waals surface area contributed by atoms with Crippen LogP contribution in [0.1, 0.15) is 22.4 Å². The van der Waals surface area contributed by atoms with Crippen molar-refractivity contribution in [3.63, 3.8) is 0 Å². The normalized spacial score (nSPS) is 11.6. The van der Waals surface area contributed by atoms with Crippen LogP contribution < -0.4 is 11.2 Å². The third kappa shape index (κ3) is 4.77. The Balaban J connectivity index is 1.84. The van der Waals surface area contributed by atoms with Gasteiger partial charge in [-0.15, -0.1) is 0 Å². The zero-order valence-corrected chi connectivity index (χ0v) is 16.2. The molecule has 27 heavy (non-hydrogen) atoms. The van der Waals surface area contributed by atoms with E-state index in [0.717, 1.165) is 22.4 Å². The quantitative estimate of drug-likeness (QED) is 0.371. The Morgan fingerprint density at radius 2 is 2.00 bits per heavy atom. The van der Waals surface area contributed by atoms with E-state index in [2.05, 4.69) is 25.4 Å². The molecule has 0 unspecified atom stereocenters. The van der Waals surface area contributed by atoms with Gasteiger partial charge in [-0.1, -0.05) is 41.4 Å². The first-order valence-electron chi connectivity index (χ1n) is 8.00. The summed E-state index contributed by atoms with van der Waals surface area (Å²) >= 11 is 12.1. The van der Waals surface area contributed by atoms with Crippen molar-refractivity contribution in [3.05, 3.63) is 68.8 Å². The highest BCUT2D eigenvalue weighted by atomic mass is 35.5. The topological polar surface area (TPSA) is 98.6 Å². The molecule has 1 aromatic heterocycles. The molecule has 0 atom stereocenters. The minimum Gasteiger partial charge on any atom is -0.379 e. The molecule has 0 bridgehead atoms. The molecule has 0 amide bonds. The van der Waals surface area contributed by atoms with Gasteiger partial charge in [0.2, 0.25) is 0 Å². The van der Waals surface area contributed by atoms with Crippen LogP contribution in [0, 0.1) is 13.8 Å². The fourth-order valence-corrected chi connectivity index (χ4v) is 2.73. The van der Waals surface area contributed by atoms with Gasteiger partial charge in [0.05, 0.1) is 5.69 Å². The lowest BCUT2D eigenvalue weighted by Crippen LogP contribution is -2.26. The number of hydroxylamine groups is 1. The third-order valence-electron chi connectivity index (χ3n) is 3.75. The Kier molecular flexibility index (Phi) is 5.95. The van der Waals surface area contributed by atoms with Crippen molar-refractivity contribution in [2.24, 2.45) is 4.99 Å². The predicted octanol–water partition coefficient (Wildman–Crippen LogP) is 4.38. The van der Waals surface area contributed by atoms with Crippen LogP contribution in [0.15, 0.2) is 46.0 Å². The molecule has 3 rings (SSSR count). The number of benzene rings is 2. The Hall–Kier alpha value is -2.61. The van der Waals surface area contributed by atoms with Gasteiger partial charge in [0, 0.05) is 10.0 Å². The average molecular weight is 406 g/mol. The van der Waals surface area contributed by atoms with Gasteiger partial charge < -0.3 is 5.73 Å². The summed E-state index contributed by atoms with van der Waals surface area (Å²) in [6, 6.07) is 11.1. The summed E-state index contributed by atoms with van der Waals surface area (Å²) in [5.41, 5.74) is 12.4. The molecule has 0 saturated heterocycles. The van der Waals surface area contributed by atoms with Crippen LogP contribution in [0.5, 0.6) is 0 Å². The maximum absolute atomic E-state index is 6.16. The molecule has 7 nitrogen and oxygen atoms in total. The van der Waals surface area contributed by atoms with Gasteiger partial charge in [-0.25, -0.2) is 15.1 Å². The molecule has 140 valence electrons. The number of anilines is 1. The van der Waals surface area contributed by atoms with Crippen molar-refractivity contribution >= 4 is 40.5 Å². The van der Waals surface area contributed by atoms with Crippen LogP contribution in [-0.4, -0.2) is 16.1 Å². The minimum atomic E-state index is 0.0969. The second-order valence-corrected chi connectivity index (χ2v) is 6.72. The van der Waals surface area contributed by atoms with Gasteiger partial charge in [0.1, 0.15) is 6.61 Å². The summed E-state index contributed by atoms with van der Waals surface area (Å²) in [5.74, 6) is 0.368. The third-order valence-corrected chi connectivity index (χ3v) is 4.33. The maximum Gasteiger partial charge on any atom is 0.199 e. The zero-order chi connectivity index (χ0) is 19.4. The molecule has 0 radical (unpaired) electrons. The van der Waals surface area contributed by atoms with Crippen molar-refractivity contribution in [2.45, 2.75) is 20.5 Å². The van der Waals surface area contributed by atoms with Crippen LogP contribution in [0.4, 0.5) is 11.5 Å². The number of aryl methyl sites for hydroxylation is 2. The summed E-state index contributed by atoms with van der Waals surface area (Å²) in [6.07, 6.45) is 0. The largest absolute Gasteiger partial charge is 0.379 e. The molecule has 3 N–H and O–H groups in total. The number of aromatic nitrogens is 2. The number of nitrogens with two attached hydrogens (primary N) is 1. The van der Waals surface area contributed by atoms with Crippen LogP contribution in [0.2, 0.25) is 10.0 Å². The highest BCUT2D eigenvalue weighted by Gasteiger charge is 2.15. The maximum atomic E-state index is 6.16. The van der Waals surface area contributed by atoms with Gasteiger partial charge in [-0.2, -0.15) is 0 Å². The van der Waals surface area contributed by atoms with Gasteiger partial charge in [0.25, 0.3) is 0 Å². The minimum absolute atomic E-state index is 0.0969. The van der Waals surface area contributed by atoms with E-state index in [1.165, 1.54) is 0 Å². The second kappa shape index (κ2) is 8.39. The first kappa shape index (κ1) is 19.2. The number of nitrogen functional groups attached to an aromatic ring is 1. The number of halogens is 2. The summed E-state index contributed by atoms with van der Waals surface area (Å²) < 4.78 is 4.68. The molecule has 9 heteroatoms. The molecular weight excluding hydrogens is 389 g/mol. The molecule has 0 saturated carbocycles. The smallest absolute Gasteiger partial charge is 0.199 e. The van der Waals surface area contributed by atoms with Gasteiger partial charge >= 0.3 is 0 Å². The van der Waals surface area contributed by atoms with Crippen LogP contribution in [0.25, 0.3) is 0 Å². The van der Waals surface area contributed by atoms with E-state index in [-0.39, 0.29) is 24.0 Å². The second-order valence-electron chi connectivity index (χ2n) is 5.87. The van der Waals surface area contributed by atoms with E-state index in [1.807, 2.05) is 32.0 Å². The number of hydrogen-bond acceptors (Lipinski definition) is 6. The molecule has 0 fully saturated rings. The monoisotopic (exact) mass is 405 g/mol. The standard InChI is InChI=1S/C18H17Cl2N5O2/c1-10-3-4-11(2)15(7-10)22-18(16-17(21)24-27-23-16)25-26-9-12-5-6-13(19)8-14(12)20/h3-8H,9H2,1-2H3,(H2,21,24)(H,22,25). The Morgan fingerprint density at radius 1 is 1.19 bits per heavy atom. The van der Waals surface area contributed by atoms with E-state index < -0.39 is 0 Å². The molecule has 1 heterocycles. The molecule has 2 aromatic carbocycles. The number of amidine groups is 1. The SMILES string of the molecule is Cc1ccc(C)c(N=C(NOCc2ccc(Cl)cc2Cl)c2nonc2N)c1. The summed E-state index contributed by atoms with van der Waals surface area (Å²) in [6.45, 7) is 4.11. The highest BCUT2D eigenvalue weighted by Crippen LogP contribution is 2.23. The molecule has 0 spiro atoms. The van der Waals surface area contributed by atoms with E-state index in [4.69, 9.17) is 33.8 Å². The average Bonchev–Trinajstić information content (AvgIpc) is 3.05. The zero-order valence-electron chi connectivity index (χ0n) is 14.7. The molecule has 0 aliphatic heterocycles. The number of hydrogen-bond donors (Lipinski definition) is 2. The van der Waals surface area contributed by atoms with E-state index in [0.29, 0.717) is 10.0 Å². The van der Waals surface area contributed by atoms with E-state index in [9.17, 15) is 0 Å². The van der Waals surface area contributed by atoms with Gasteiger partial charge in [0.15, 0.2) is 17.3 Å². The fraction of sp³-hybridized carbons (Fsp3) is 0.167. The number of rotatable bonds is 5. The van der Waals surface area contributed by atoms with Crippen molar-refractivity contribution in [3.8, 4) is 0 Å². The van der Waals surface area contributed by atoms with Crippen LogP contribution >= 0.6 is 23.2 Å². The van der Waals surface area contributed by atoms with Crippen molar-refractivity contribution in [1.29, 1.82) is 0 Å². The summed E-state index contributed by atoms with van der Waals surface area (Å²) in [4.78, 5) is 10.1. The fourth-order valence-electron chi connectivity index (χ4n) is 2.27. The first-order chi connectivity index (χ1) is 12.9. The first-order valence-corrected chi connectivity index (χ1v) is 8.75. The molecule has 0 aliphatic rings. The highest BCUT2D eigenvalue weighted by molar-refractivity contribution is 6.35. The predicted molar refractivity (Wildman–Crippen MR) is 105 cm³/mol. The van der Waals surface area contributed by atoms with Gasteiger partial charge in [-0.3, -0.25) is 4.84 Å². The van der Waals surface area contributed by atoms with Crippen molar-refractivity contribution < 1.29 is 9.47 Å². The van der Waals surface area contributed by atoms with Crippen molar-refractivity contribution in [1.82, 2.24) is 15.8 Å². The summed E-state index contributed by atoms with van der Waals surface area (Å²) in [7, 11) is 0. The van der Waals surface area contributed by atoms with Gasteiger partial charge in [-0.05, 0) is 59.1 Å². The van der Waals surface area contributed by atoms with E-state index >= 15 is 0 Å². The number of nitrogens with zero attached hydrogens (tertiary/aromatic N) is 3. The Bertz CT molecular complexity index is 988.